The number of alkyl halides is 3. The van der Waals surface area contributed by atoms with E-state index >= 15 is 0 Å². The first-order valence-corrected chi connectivity index (χ1v) is 15.4. The first kappa shape index (κ1) is 28.8. The van der Waals surface area contributed by atoms with Crippen LogP contribution in [0.15, 0.2) is 72.5 Å². The van der Waals surface area contributed by atoms with Gasteiger partial charge in [0.15, 0.2) is 5.76 Å². The van der Waals surface area contributed by atoms with Crippen LogP contribution in [0.1, 0.15) is 47.9 Å². The molecule has 6 nitrogen and oxygen atoms in total. The minimum Gasteiger partial charge on any atom is -0.508 e. The number of benzene rings is 3. The second-order valence-corrected chi connectivity index (χ2v) is 12.9. The zero-order valence-corrected chi connectivity index (χ0v) is 24.6. The molecule has 1 amide bonds. The van der Waals surface area contributed by atoms with Gasteiger partial charge in [0.2, 0.25) is 0 Å². The molecule has 0 aromatic heterocycles. The van der Waals surface area contributed by atoms with E-state index in [9.17, 15) is 23.1 Å². The summed E-state index contributed by atoms with van der Waals surface area (Å²) in [4.78, 5) is 13.3. The van der Waals surface area contributed by atoms with Gasteiger partial charge >= 0.3 is 6.36 Å². The fraction of sp³-hybridized carbons (Fsp3) is 0.400. The molecule has 3 aromatic carbocycles. The number of hydrogen-bond acceptors (Lipinski definition) is 4. The second kappa shape index (κ2) is 10.6. The van der Waals surface area contributed by atoms with E-state index in [1.165, 1.54) is 11.6 Å². The largest absolute Gasteiger partial charge is 0.573 e. The summed E-state index contributed by atoms with van der Waals surface area (Å²) in [6.45, 7) is 1.97. The van der Waals surface area contributed by atoms with Crippen molar-refractivity contribution in [3.05, 3.63) is 94.7 Å². The SMILES string of the molecule is C[N+]1(CCc2ccccc2)CC[C@]23c4c5c(O)cc(NC(=O)C(=Cc6ccccc6)OC(F)(F)F)c4O[C@H]2CCC[C@H]3[C@H]1C5. The highest BCUT2D eigenvalue weighted by Gasteiger charge is 2.67. The highest BCUT2D eigenvalue weighted by atomic mass is 19.4. The minimum absolute atomic E-state index is 0.0403. The summed E-state index contributed by atoms with van der Waals surface area (Å²) in [5.74, 6) is -1.11. The molecule has 1 saturated carbocycles. The molecule has 1 unspecified atom stereocenters. The predicted molar refractivity (Wildman–Crippen MR) is 160 cm³/mol. The van der Waals surface area contributed by atoms with Gasteiger partial charge in [-0.05, 0) is 36.5 Å². The zero-order valence-electron chi connectivity index (χ0n) is 24.6. The Hall–Kier alpha value is -3.98. The van der Waals surface area contributed by atoms with Crippen LogP contribution in [0.4, 0.5) is 18.9 Å². The van der Waals surface area contributed by atoms with Crippen LogP contribution in [-0.4, -0.2) is 54.1 Å². The molecule has 2 bridgehead atoms. The van der Waals surface area contributed by atoms with Crippen molar-refractivity contribution >= 4 is 17.7 Å². The Morgan fingerprint density at radius 3 is 2.59 bits per heavy atom. The molecule has 2 aliphatic carbocycles. The standard InChI is InChI=1S/C35H35F3N2O4/c1-40(17-15-22-9-4-2-5-10-22)18-16-34-25-13-8-14-30(34)43-32-26(21-28(41)24(31(32)34)20-27(25)40)39-33(42)29(44-35(36,37)38)19-23-11-6-3-7-12-23/h2-7,9-12,19,21,25,27,30H,8,13-18,20H2,1H3,(H-,39,41,42)/p+1/t25-,27+,30-,34+,40?/m0/s1. The smallest absolute Gasteiger partial charge is 0.508 e. The average Bonchev–Trinajstić information content (AvgIpc) is 3.34. The lowest BCUT2D eigenvalue weighted by Gasteiger charge is -2.60. The van der Waals surface area contributed by atoms with Crippen molar-refractivity contribution in [2.24, 2.45) is 5.92 Å². The summed E-state index contributed by atoms with van der Waals surface area (Å²) >= 11 is 0. The third-order valence-electron chi connectivity index (χ3n) is 10.6. The zero-order chi connectivity index (χ0) is 30.7. The number of phenolic OH excluding ortho intramolecular Hbond substituents is 1. The first-order valence-electron chi connectivity index (χ1n) is 15.4. The molecule has 230 valence electrons. The van der Waals surface area contributed by atoms with E-state index in [0.29, 0.717) is 29.7 Å². The lowest BCUT2D eigenvalue weighted by molar-refractivity contribution is -0.945. The number of quaternary nitrogens is 1. The number of piperidine rings is 1. The van der Waals surface area contributed by atoms with E-state index in [1.807, 2.05) is 6.07 Å². The third-order valence-corrected chi connectivity index (χ3v) is 10.6. The molecule has 3 aromatic rings. The van der Waals surface area contributed by atoms with Crippen molar-refractivity contribution < 1.29 is 37.0 Å². The number of phenols is 1. The van der Waals surface area contributed by atoms with Gasteiger partial charge in [-0.25, -0.2) is 0 Å². The molecule has 5 atom stereocenters. The normalized spacial score (nSPS) is 28.5. The number of nitrogens with zero attached hydrogens (tertiary/aromatic N) is 1. The van der Waals surface area contributed by atoms with Crippen LogP contribution in [-0.2, 0) is 27.8 Å². The van der Waals surface area contributed by atoms with Gasteiger partial charge in [0.1, 0.15) is 17.6 Å². The van der Waals surface area contributed by atoms with Crippen LogP contribution in [0.5, 0.6) is 11.5 Å². The van der Waals surface area contributed by atoms with Crippen molar-refractivity contribution in [2.75, 3.05) is 25.5 Å². The molecular weight excluding hydrogens is 569 g/mol. The Morgan fingerprint density at radius 2 is 1.86 bits per heavy atom. The van der Waals surface area contributed by atoms with Gasteiger partial charge in [-0.1, -0.05) is 60.7 Å². The monoisotopic (exact) mass is 605 g/mol. The first-order chi connectivity index (χ1) is 21.1. The maximum absolute atomic E-state index is 13.3. The maximum atomic E-state index is 13.3. The summed E-state index contributed by atoms with van der Waals surface area (Å²) in [6, 6.07) is 20.5. The number of ether oxygens (including phenoxy) is 2. The number of carbonyl (C=O) groups excluding carboxylic acids is 1. The average molecular weight is 606 g/mol. The van der Waals surface area contributed by atoms with Gasteiger partial charge in [-0.2, -0.15) is 0 Å². The fourth-order valence-corrected chi connectivity index (χ4v) is 8.61. The number of halogens is 3. The second-order valence-electron chi connectivity index (χ2n) is 12.9. The Labute approximate surface area is 254 Å². The number of carbonyl (C=O) groups is 1. The lowest BCUT2D eigenvalue weighted by Crippen LogP contribution is -2.70. The van der Waals surface area contributed by atoms with E-state index in [0.717, 1.165) is 66.9 Å². The van der Waals surface area contributed by atoms with E-state index in [4.69, 9.17) is 4.74 Å². The number of likely N-dealkylation sites (N-methyl/N-ethyl adjacent to an activating group) is 1. The highest BCUT2D eigenvalue weighted by Crippen LogP contribution is 2.65. The van der Waals surface area contributed by atoms with Gasteiger partial charge in [0, 0.05) is 42.4 Å². The molecule has 2 fully saturated rings. The van der Waals surface area contributed by atoms with Crippen LogP contribution >= 0.6 is 0 Å². The van der Waals surface area contributed by atoms with E-state index in [-0.39, 0.29) is 23.0 Å². The Kier molecular flexibility index (Phi) is 6.92. The van der Waals surface area contributed by atoms with Gasteiger partial charge in [0.05, 0.1) is 37.3 Å². The molecule has 2 heterocycles. The molecule has 4 aliphatic rings. The van der Waals surface area contributed by atoms with Gasteiger partial charge in [-0.15, -0.1) is 13.2 Å². The van der Waals surface area contributed by atoms with Crippen LogP contribution in [0, 0.1) is 5.92 Å². The Morgan fingerprint density at radius 1 is 1.14 bits per heavy atom. The number of nitrogens with one attached hydrogen (secondary N) is 1. The molecule has 7 rings (SSSR count). The molecular formula is C35H36F3N2O4+. The summed E-state index contributed by atoms with van der Waals surface area (Å²) in [6.07, 6.45) is 1.36. The Balaban J connectivity index is 1.24. The lowest BCUT2D eigenvalue weighted by atomic mass is 9.51. The highest BCUT2D eigenvalue weighted by molar-refractivity contribution is 6.06. The predicted octanol–water partition coefficient (Wildman–Crippen LogP) is 6.72. The number of aromatic hydroxyl groups is 1. The summed E-state index contributed by atoms with van der Waals surface area (Å²) < 4.78 is 51.7. The molecule has 2 N–H and O–H groups in total. The van der Waals surface area contributed by atoms with Gasteiger partial charge < -0.3 is 24.4 Å². The van der Waals surface area contributed by atoms with E-state index < -0.39 is 18.0 Å². The van der Waals surface area contributed by atoms with Crippen LogP contribution in [0.2, 0.25) is 0 Å². The molecule has 2 aliphatic heterocycles. The molecule has 1 saturated heterocycles. The van der Waals surface area contributed by atoms with Crippen molar-refractivity contribution in [1.82, 2.24) is 0 Å². The number of hydrogen-bond donors (Lipinski definition) is 2. The summed E-state index contributed by atoms with van der Waals surface area (Å²) in [5.41, 5.74) is 3.36. The van der Waals surface area contributed by atoms with Gasteiger partial charge in [0.25, 0.3) is 5.91 Å². The molecule has 9 heteroatoms. The van der Waals surface area contributed by atoms with E-state index in [1.54, 1.807) is 30.3 Å². The van der Waals surface area contributed by atoms with E-state index in [2.05, 4.69) is 41.4 Å². The fourth-order valence-electron chi connectivity index (χ4n) is 8.61. The van der Waals surface area contributed by atoms with Crippen molar-refractivity contribution in [3.8, 4) is 11.5 Å². The topological polar surface area (TPSA) is 67.8 Å². The number of rotatable bonds is 7. The summed E-state index contributed by atoms with van der Waals surface area (Å²) in [7, 11) is 2.35. The molecule has 1 spiro atoms. The van der Waals surface area contributed by atoms with Crippen LogP contribution < -0.4 is 10.1 Å². The summed E-state index contributed by atoms with van der Waals surface area (Å²) in [5, 5.41) is 14.0. The number of anilines is 1. The van der Waals surface area contributed by atoms with Crippen molar-refractivity contribution in [3.63, 3.8) is 0 Å². The quantitative estimate of drug-likeness (QED) is 0.178. The maximum Gasteiger partial charge on any atom is 0.573 e. The van der Waals surface area contributed by atoms with Crippen molar-refractivity contribution in [2.45, 2.75) is 62.4 Å². The van der Waals surface area contributed by atoms with Crippen LogP contribution in [0.3, 0.4) is 0 Å². The minimum atomic E-state index is -5.06. The number of amides is 1. The number of likely N-dealkylation sites (tertiary alicyclic amines) is 1. The van der Waals surface area contributed by atoms with Gasteiger partial charge in [-0.3, -0.25) is 4.79 Å². The molecule has 44 heavy (non-hydrogen) atoms. The Bertz CT molecular complexity index is 1610. The van der Waals surface area contributed by atoms with Crippen molar-refractivity contribution in [1.29, 1.82) is 0 Å². The molecule has 0 radical (unpaired) electrons. The third kappa shape index (κ3) is 4.82. The van der Waals surface area contributed by atoms with Crippen LogP contribution in [0.25, 0.3) is 6.08 Å².